The van der Waals surface area contributed by atoms with E-state index in [0.717, 1.165) is 4.90 Å². The molecule has 0 aliphatic rings. The molecule has 0 atom stereocenters. The Bertz CT molecular complexity index is 704. The summed E-state index contributed by atoms with van der Waals surface area (Å²) in [5.41, 5.74) is 1.42. The third kappa shape index (κ3) is 3.17. The van der Waals surface area contributed by atoms with Crippen LogP contribution in [-0.2, 0) is 18.3 Å². The number of methoxy groups -OCH3 is 1. The molecule has 0 bridgehead atoms. The molecule has 0 spiro atoms. The first-order chi connectivity index (χ1) is 10.5. The van der Waals surface area contributed by atoms with Crippen molar-refractivity contribution in [3.05, 3.63) is 47.3 Å². The molecule has 0 radical (unpaired) electrons. The molecule has 2 rings (SSSR count). The minimum atomic E-state index is -0.952. The third-order valence-corrected chi connectivity index (χ3v) is 4.16. The van der Waals surface area contributed by atoms with Gasteiger partial charge in [-0.3, -0.25) is 9.59 Å². The second-order valence-electron chi connectivity index (χ2n) is 4.74. The minimum Gasteiger partial charge on any atom is -0.494 e. The summed E-state index contributed by atoms with van der Waals surface area (Å²) in [6, 6.07) is 8.88. The highest BCUT2D eigenvalue weighted by Gasteiger charge is 2.22. The number of rotatable bonds is 6. The van der Waals surface area contributed by atoms with Gasteiger partial charge in [-0.2, -0.15) is 0 Å². The fourth-order valence-corrected chi connectivity index (χ4v) is 2.66. The van der Waals surface area contributed by atoms with Crippen molar-refractivity contribution >= 4 is 23.5 Å². The molecule has 2 aromatic rings. The lowest BCUT2D eigenvalue weighted by molar-refractivity contribution is -0.136. The van der Waals surface area contributed by atoms with Gasteiger partial charge in [0.1, 0.15) is 11.4 Å². The Morgan fingerprint density at radius 1 is 1.27 bits per heavy atom. The van der Waals surface area contributed by atoms with E-state index in [2.05, 4.69) is 0 Å². The Morgan fingerprint density at radius 2 is 1.91 bits per heavy atom. The number of carbonyl (C=O) groups is 2. The average Bonchev–Trinajstić information content (AvgIpc) is 2.82. The molecule has 1 N–H and O–H groups in total. The normalized spacial score (nSPS) is 10.5. The number of ketones is 1. The number of aromatic nitrogens is 1. The first-order valence-corrected chi connectivity index (χ1v) is 7.83. The van der Waals surface area contributed by atoms with Gasteiger partial charge in [-0.1, -0.05) is 0 Å². The molecule has 1 heterocycles. The van der Waals surface area contributed by atoms with E-state index < -0.39 is 5.97 Å². The number of ether oxygens (including phenoxy) is 1. The number of carboxylic acid groups (broad SMARTS) is 1. The van der Waals surface area contributed by atoms with Gasteiger partial charge in [0, 0.05) is 29.3 Å². The van der Waals surface area contributed by atoms with E-state index in [-0.39, 0.29) is 12.2 Å². The first kappa shape index (κ1) is 16.2. The number of hydrogen-bond acceptors (Lipinski definition) is 4. The van der Waals surface area contributed by atoms with Gasteiger partial charge < -0.3 is 14.4 Å². The summed E-state index contributed by atoms with van der Waals surface area (Å²) in [7, 11) is 3.14. The van der Waals surface area contributed by atoms with Crippen LogP contribution in [0.5, 0.6) is 5.75 Å². The highest BCUT2D eigenvalue weighted by atomic mass is 32.2. The third-order valence-electron chi connectivity index (χ3n) is 3.42. The number of carboxylic acids is 1. The summed E-state index contributed by atoms with van der Waals surface area (Å²) in [6.07, 6.45) is 1.81. The van der Waals surface area contributed by atoms with Crippen LogP contribution in [0.2, 0.25) is 0 Å². The standard InChI is InChI=1S/C16H17NO4S/c1-17-11(9-14(18)19)8-13(21-2)15(17)16(20)10-4-6-12(22-3)7-5-10/h4-8H,9H2,1-3H3,(H,18,19). The van der Waals surface area contributed by atoms with E-state index >= 15 is 0 Å². The Kier molecular flexibility index (Phi) is 4.92. The molecule has 0 amide bonds. The lowest BCUT2D eigenvalue weighted by Gasteiger charge is -2.08. The molecule has 5 nitrogen and oxygen atoms in total. The molecule has 1 aromatic carbocycles. The maximum absolute atomic E-state index is 12.7. The lowest BCUT2D eigenvalue weighted by Crippen LogP contribution is -2.12. The maximum Gasteiger partial charge on any atom is 0.309 e. The van der Waals surface area contributed by atoms with Gasteiger partial charge in [0.2, 0.25) is 5.78 Å². The van der Waals surface area contributed by atoms with Gasteiger partial charge >= 0.3 is 5.97 Å². The molecular weight excluding hydrogens is 302 g/mol. The van der Waals surface area contributed by atoms with Crippen LogP contribution in [0.1, 0.15) is 21.7 Å². The van der Waals surface area contributed by atoms with Crippen LogP contribution in [0.15, 0.2) is 35.2 Å². The van der Waals surface area contributed by atoms with Crippen LogP contribution < -0.4 is 4.74 Å². The number of nitrogens with zero attached hydrogens (tertiary/aromatic N) is 1. The van der Waals surface area contributed by atoms with Gasteiger partial charge in [-0.15, -0.1) is 11.8 Å². The summed E-state index contributed by atoms with van der Waals surface area (Å²) >= 11 is 1.60. The zero-order valence-electron chi connectivity index (χ0n) is 12.6. The Morgan fingerprint density at radius 3 is 2.41 bits per heavy atom. The number of aliphatic carboxylic acids is 1. The number of benzene rings is 1. The zero-order valence-corrected chi connectivity index (χ0v) is 13.4. The molecule has 0 aliphatic carbocycles. The fraction of sp³-hybridized carbons (Fsp3) is 0.250. The van der Waals surface area contributed by atoms with Gasteiger partial charge in [0.25, 0.3) is 0 Å². The summed E-state index contributed by atoms with van der Waals surface area (Å²) < 4.78 is 6.82. The SMILES string of the molecule is COc1cc(CC(=O)O)n(C)c1C(=O)c1ccc(SC)cc1. The predicted octanol–water partition coefficient (Wildman–Crippen LogP) is 2.61. The largest absolute Gasteiger partial charge is 0.494 e. The van der Waals surface area contributed by atoms with Gasteiger partial charge in [-0.25, -0.2) is 0 Å². The van der Waals surface area contributed by atoms with Crippen molar-refractivity contribution in [1.29, 1.82) is 0 Å². The fourth-order valence-electron chi connectivity index (χ4n) is 2.25. The van der Waals surface area contributed by atoms with Crippen LogP contribution in [-0.4, -0.2) is 34.8 Å². The first-order valence-electron chi connectivity index (χ1n) is 6.61. The van der Waals surface area contributed by atoms with Gasteiger partial charge in [-0.05, 0) is 30.5 Å². The van der Waals surface area contributed by atoms with Gasteiger partial charge in [0.05, 0.1) is 13.5 Å². The van der Waals surface area contributed by atoms with E-state index in [9.17, 15) is 9.59 Å². The molecular formula is C16H17NO4S. The topological polar surface area (TPSA) is 68.5 Å². The van der Waals surface area contributed by atoms with E-state index in [1.165, 1.54) is 7.11 Å². The molecule has 0 saturated carbocycles. The Labute approximate surface area is 132 Å². The second kappa shape index (κ2) is 6.70. The molecule has 22 heavy (non-hydrogen) atoms. The van der Waals surface area contributed by atoms with Crippen LogP contribution in [0.4, 0.5) is 0 Å². The Balaban J connectivity index is 2.43. The maximum atomic E-state index is 12.7. The summed E-state index contributed by atoms with van der Waals surface area (Å²) in [5.74, 6) is -0.757. The number of hydrogen-bond donors (Lipinski definition) is 1. The molecule has 0 unspecified atom stereocenters. The van der Waals surface area contributed by atoms with Crippen molar-refractivity contribution in [3.63, 3.8) is 0 Å². The van der Waals surface area contributed by atoms with E-state index in [1.54, 1.807) is 41.6 Å². The smallest absolute Gasteiger partial charge is 0.309 e. The van der Waals surface area contributed by atoms with Crippen LogP contribution >= 0.6 is 11.8 Å². The van der Waals surface area contributed by atoms with E-state index in [0.29, 0.717) is 22.7 Å². The zero-order chi connectivity index (χ0) is 16.3. The molecule has 6 heteroatoms. The van der Waals surface area contributed by atoms with E-state index in [4.69, 9.17) is 9.84 Å². The average molecular weight is 319 g/mol. The van der Waals surface area contributed by atoms with Crippen LogP contribution in [0.3, 0.4) is 0 Å². The number of thioether (sulfide) groups is 1. The molecule has 0 aliphatic heterocycles. The van der Waals surface area contributed by atoms with Crippen molar-refractivity contribution in [2.45, 2.75) is 11.3 Å². The quantitative estimate of drug-likeness (QED) is 0.655. The second-order valence-corrected chi connectivity index (χ2v) is 5.62. The minimum absolute atomic E-state index is 0.161. The number of carbonyl (C=O) groups excluding carboxylic acids is 1. The summed E-state index contributed by atoms with van der Waals surface area (Å²) in [5, 5.41) is 8.94. The lowest BCUT2D eigenvalue weighted by atomic mass is 10.1. The van der Waals surface area contributed by atoms with Crippen molar-refractivity contribution in [2.24, 2.45) is 7.05 Å². The molecule has 0 fully saturated rings. The predicted molar refractivity (Wildman–Crippen MR) is 85.0 cm³/mol. The Hall–Kier alpha value is -2.21. The monoisotopic (exact) mass is 319 g/mol. The summed E-state index contributed by atoms with van der Waals surface area (Å²) in [4.78, 5) is 24.7. The van der Waals surface area contributed by atoms with Crippen LogP contribution in [0, 0.1) is 0 Å². The van der Waals surface area contributed by atoms with Gasteiger partial charge in [0.15, 0.2) is 0 Å². The van der Waals surface area contributed by atoms with Crippen molar-refractivity contribution < 1.29 is 19.4 Å². The molecule has 116 valence electrons. The molecule has 1 aromatic heterocycles. The summed E-state index contributed by atoms with van der Waals surface area (Å²) in [6.45, 7) is 0. The van der Waals surface area contributed by atoms with E-state index in [1.807, 2.05) is 18.4 Å². The van der Waals surface area contributed by atoms with Crippen LogP contribution in [0.25, 0.3) is 0 Å². The van der Waals surface area contributed by atoms with Crippen molar-refractivity contribution in [2.75, 3.05) is 13.4 Å². The van der Waals surface area contributed by atoms with Crippen molar-refractivity contribution in [3.8, 4) is 5.75 Å². The molecule has 0 saturated heterocycles. The van der Waals surface area contributed by atoms with Crippen molar-refractivity contribution in [1.82, 2.24) is 4.57 Å². The highest BCUT2D eigenvalue weighted by Crippen LogP contribution is 2.26. The highest BCUT2D eigenvalue weighted by molar-refractivity contribution is 7.98.